The number of hydrogen-bond donors (Lipinski definition) is 2. The zero-order valence-corrected chi connectivity index (χ0v) is 20.5. The third-order valence-electron chi connectivity index (χ3n) is 5.80. The van der Waals surface area contributed by atoms with Crippen molar-refractivity contribution in [2.75, 3.05) is 18.4 Å². The summed E-state index contributed by atoms with van der Waals surface area (Å²) < 4.78 is 51.0. The molecule has 184 valence electrons. The van der Waals surface area contributed by atoms with Crippen LogP contribution in [-0.2, 0) is 10.0 Å². The minimum absolute atomic E-state index is 0.0250. The summed E-state index contributed by atoms with van der Waals surface area (Å²) in [5.74, 6) is -1.21. The highest BCUT2D eigenvalue weighted by molar-refractivity contribution is 7.89. The fourth-order valence-corrected chi connectivity index (χ4v) is 5.24. The maximum absolute atomic E-state index is 13.8. The Labute approximate surface area is 210 Å². The molecule has 1 aliphatic heterocycles. The molecule has 1 saturated heterocycles. The molecular weight excluding hydrogens is 521 g/mol. The van der Waals surface area contributed by atoms with Crippen LogP contribution in [0.1, 0.15) is 34.7 Å². The summed E-state index contributed by atoms with van der Waals surface area (Å²) in [6.07, 6.45) is 2.36. The van der Waals surface area contributed by atoms with E-state index in [4.69, 9.17) is 28.3 Å². The summed E-state index contributed by atoms with van der Waals surface area (Å²) in [4.78, 5) is 18.8. The number of nitrogens with zero attached hydrogens (tertiary/aromatic N) is 2. The largest absolute Gasteiger partial charge is 0.352 e. The zero-order chi connectivity index (χ0) is 25.3. The average Bonchev–Trinajstić information content (AvgIpc) is 2.82. The maximum atomic E-state index is 13.8. The van der Waals surface area contributed by atoms with Crippen LogP contribution in [0.25, 0.3) is 0 Å². The first-order valence-corrected chi connectivity index (χ1v) is 12.8. The van der Waals surface area contributed by atoms with E-state index < -0.39 is 31.8 Å². The van der Waals surface area contributed by atoms with Gasteiger partial charge in [0.15, 0.2) is 5.03 Å². The van der Waals surface area contributed by atoms with Gasteiger partial charge in [-0.1, -0.05) is 35.3 Å². The van der Waals surface area contributed by atoms with Crippen LogP contribution in [0.4, 0.5) is 20.2 Å². The standard InChI is InChI=1S/C23H20Cl2F2N4O3S/c24-18-6-5-16(27)11-19(18)30-21-17(12-29-22(20(21)25)35(28,33)34)23(32)31-9-7-14(8-10-31)13-1-3-15(26)4-2-13/h1-6,11-12,14H,7-10H2,(H,29,30)(H2,28,33,34). The Morgan fingerprint density at radius 2 is 1.69 bits per heavy atom. The molecule has 3 aromatic rings. The molecule has 3 N–H and O–H groups in total. The molecule has 0 atom stereocenters. The van der Waals surface area contributed by atoms with Crippen LogP contribution in [0, 0.1) is 11.6 Å². The molecule has 0 radical (unpaired) electrons. The smallest absolute Gasteiger partial charge is 0.257 e. The van der Waals surface area contributed by atoms with Crippen LogP contribution >= 0.6 is 23.2 Å². The monoisotopic (exact) mass is 540 g/mol. The van der Waals surface area contributed by atoms with Gasteiger partial charge in [0.05, 0.1) is 22.0 Å². The fourth-order valence-electron chi connectivity index (χ4n) is 4.00. The lowest BCUT2D eigenvalue weighted by Crippen LogP contribution is -2.38. The zero-order valence-electron chi connectivity index (χ0n) is 18.1. The number of likely N-dealkylation sites (tertiary alicyclic amines) is 1. The Bertz CT molecular complexity index is 1380. The van der Waals surface area contributed by atoms with E-state index in [1.54, 1.807) is 17.0 Å². The highest BCUT2D eigenvalue weighted by Crippen LogP contribution is 2.37. The van der Waals surface area contributed by atoms with Crippen molar-refractivity contribution in [2.45, 2.75) is 23.8 Å². The van der Waals surface area contributed by atoms with Gasteiger partial charge in [-0.05, 0) is 54.7 Å². The number of carbonyl (C=O) groups excluding carboxylic acids is 1. The number of nitrogens with two attached hydrogens (primary N) is 1. The molecule has 1 aliphatic rings. The first-order chi connectivity index (χ1) is 16.5. The Morgan fingerprint density at radius 3 is 2.31 bits per heavy atom. The Balaban J connectivity index is 1.64. The molecular formula is C23H20Cl2F2N4O3S. The van der Waals surface area contributed by atoms with Gasteiger partial charge < -0.3 is 10.2 Å². The van der Waals surface area contributed by atoms with Crippen molar-refractivity contribution in [3.05, 3.63) is 81.5 Å². The van der Waals surface area contributed by atoms with Crippen LogP contribution in [0.3, 0.4) is 0 Å². The number of primary sulfonamides is 1. The van der Waals surface area contributed by atoms with Gasteiger partial charge in [-0.25, -0.2) is 27.3 Å². The first kappa shape index (κ1) is 25.3. The van der Waals surface area contributed by atoms with E-state index in [-0.39, 0.29) is 33.7 Å². The van der Waals surface area contributed by atoms with Gasteiger partial charge in [0.1, 0.15) is 16.7 Å². The molecule has 0 saturated carbocycles. The molecule has 1 aromatic heterocycles. The Hall–Kier alpha value is -2.79. The van der Waals surface area contributed by atoms with Crippen LogP contribution in [0.2, 0.25) is 10.0 Å². The van der Waals surface area contributed by atoms with Gasteiger partial charge in [-0.2, -0.15) is 0 Å². The Morgan fingerprint density at radius 1 is 1.06 bits per heavy atom. The summed E-state index contributed by atoms with van der Waals surface area (Å²) in [6.45, 7) is 0.797. The quantitative estimate of drug-likeness (QED) is 0.469. The van der Waals surface area contributed by atoms with Gasteiger partial charge in [0.2, 0.25) is 0 Å². The lowest BCUT2D eigenvalue weighted by atomic mass is 9.89. The molecule has 1 fully saturated rings. The molecule has 0 unspecified atom stereocenters. The first-order valence-electron chi connectivity index (χ1n) is 10.5. The molecule has 2 heterocycles. The summed E-state index contributed by atoms with van der Waals surface area (Å²) >= 11 is 12.5. The number of anilines is 2. The second kappa shape index (κ2) is 10.1. The molecule has 35 heavy (non-hydrogen) atoms. The van der Waals surface area contributed by atoms with Crippen LogP contribution in [0.15, 0.2) is 53.7 Å². The normalized spacial score (nSPS) is 14.7. The Kier molecular flexibility index (Phi) is 7.27. The summed E-state index contributed by atoms with van der Waals surface area (Å²) in [5.41, 5.74) is 0.930. The number of halogens is 4. The highest BCUT2D eigenvalue weighted by atomic mass is 35.5. The SMILES string of the molecule is NS(=O)(=O)c1ncc(C(=O)N2CCC(c3ccc(F)cc3)CC2)c(Nc2cc(F)ccc2Cl)c1Cl. The number of sulfonamides is 1. The average molecular weight is 541 g/mol. The number of rotatable bonds is 5. The minimum atomic E-state index is -4.32. The second-order valence-electron chi connectivity index (χ2n) is 8.08. The van der Waals surface area contributed by atoms with Gasteiger partial charge in [-0.15, -0.1) is 0 Å². The van der Waals surface area contributed by atoms with E-state index >= 15 is 0 Å². The van der Waals surface area contributed by atoms with E-state index in [9.17, 15) is 22.0 Å². The summed E-state index contributed by atoms with van der Waals surface area (Å²) in [6, 6.07) is 9.81. The van der Waals surface area contributed by atoms with E-state index in [0.717, 1.165) is 23.9 Å². The number of carbonyl (C=O) groups is 1. The van der Waals surface area contributed by atoms with Gasteiger partial charge in [-0.3, -0.25) is 4.79 Å². The van der Waals surface area contributed by atoms with Crippen LogP contribution in [-0.4, -0.2) is 37.3 Å². The van der Waals surface area contributed by atoms with E-state index in [1.807, 2.05) is 0 Å². The van der Waals surface area contributed by atoms with Crippen LogP contribution in [0.5, 0.6) is 0 Å². The number of nitrogens with one attached hydrogen (secondary N) is 1. The molecule has 7 nitrogen and oxygen atoms in total. The van der Waals surface area contributed by atoms with Crippen molar-refractivity contribution in [3.63, 3.8) is 0 Å². The van der Waals surface area contributed by atoms with Crippen molar-refractivity contribution in [2.24, 2.45) is 5.14 Å². The molecule has 4 rings (SSSR count). The summed E-state index contributed by atoms with van der Waals surface area (Å²) in [5, 5.41) is 7.06. The molecule has 1 amide bonds. The van der Waals surface area contributed by atoms with Crippen LogP contribution < -0.4 is 10.5 Å². The van der Waals surface area contributed by atoms with E-state index in [2.05, 4.69) is 10.3 Å². The maximum Gasteiger partial charge on any atom is 0.257 e. The fraction of sp³-hybridized carbons (Fsp3) is 0.217. The van der Waals surface area contributed by atoms with Gasteiger partial charge >= 0.3 is 0 Å². The number of hydrogen-bond acceptors (Lipinski definition) is 5. The third-order valence-corrected chi connectivity index (χ3v) is 7.46. The second-order valence-corrected chi connectivity index (χ2v) is 10.3. The van der Waals surface area contributed by atoms with Gasteiger partial charge in [0.25, 0.3) is 15.9 Å². The lowest BCUT2D eigenvalue weighted by Gasteiger charge is -2.33. The lowest BCUT2D eigenvalue weighted by molar-refractivity contribution is 0.0713. The predicted molar refractivity (Wildman–Crippen MR) is 130 cm³/mol. The number of aromatic nitrogens is 1. The van der Waals surface area contributed by atoms with E-state index in [1.165, 1.54) is 18.2 Å². The molecule has 0 bridgehead atoms. The number of benzene rings is 2. The summed E-state index contributed by atoms with van der Waals surface area (Å²) in [7, 11) is -4.32. The van der Waals surface area contributed by atoms with Crippen molar-refractivity contribution in [3.8, 4) is 0 Å². The molecule has 12 heteroatoms. The predicted octanol–water partition coefficient (Wildman–Crippen LogP) is 5.08. The van der Waals surface area contributed by atoms with Crippen molar-refractivity contribution >= 4 is 50.5 Å². The third kappa shape index (κ3) is 5.56. The van der Waals surface area contributed by atoms with Gasteiger partial charge in [0, 0.05) is 19.3 Å². The van der Waals surface area contributed by atoms with Crippen molar-refractivity contribution < 1.29 is 22.0 Å². The van der Waals surface area contributed by atoms with Crippen molar-refractivity contribution in [1.82, 2.24) is 9.88 Å². The minimum Gasteiger partial charge on any atom is -0.352 e. The number of amides is 1. The van der Waals surface area contributed by atoms with Crippen molar-refractivity contribution in [1.29, 1.82) is 0 Å². The number of pyridine rings is 1. The van der Waals surface area contributed by atoms with E-state index in [0.29, 0.717) is 25.9 Å². The molecule has 2 aromatic carbocycles. The highest BCUT2D eigenvalue weighted by Gasteiger charge is 2.29. The topological polar surface area (TPSA) is 105 Å². The molecule has 0 spiro atoms. The molecule has 0 aliphatic carbocycles. The number of piperidine rings is 1.